The second kappa shape index (κ2) is 8.78. The minimum Gasteiger partial charge on any atom is -0.495 e. The molecule has 2 aromatic rings. The molecular formula is C19H20ClNO4S. The lowest BCUT2D eigenvalue weighted by atomic mass is 10.3. The van der Waals surface area contributed by atoms with E-state index in [0.717, 1.165) is 0 Å². The number of halogens is 1. The zero-order valence-electron chi connectivity index (χ0n) is 14.4. The van der Waals surface area contributed by atoms with Crippen LogP contribution in [0.15, 0.2) is 72.7 Å². The van der Waals surface area contributed by atoms with Crippen molar-refractivity contribution in [1.29, 1.82) is 0 Å². The van der Waals surface area contributed by atoms with Crippen molar-refractivity contribution in [3.05, 3.63) is 72.8 Å². The molecule has 0 bridgehead atoms. The molecule has 0 aliphatic carbocycles. The fourth-order valence-corrected chi connectivity index (χ4v) is 4.04. The third kappa shape index (κ3) is 4.39. The van der Waals surface area contributed by atoms with Crippen molar-refractivity contribution in [1.82, 2.24) is 0 Å². The number of benzene rings is 2. The number of methoxy groups -OCH3 is 1. The van der Waals surface area contributed by atoms with Crippen molar-refractivity contribution in [2.75, 3.05) is 24.6 Å². The molecule has 0 heterocycles. The lowest BCUT2D eigenvalue weighted by molar-refractivity contribution is 0.363. The van der Waals surface area contributed by atoms with Crippen molar-refractivity contribution in [2.45, 2.75) is 4.90 Å². The largest absolute Gasteiger partial charge is 0.495 e. The first-order chi connectivity index (χ1) is 12.4. The molecule has 0 fully saturated rings. The van der Waals surface area contributed by atoms with E-state index in [4.69, 9.17) is 21.1 Å². The first-order valence-electron chi connectivity index (χ1n) is 7.75. The molecule has 0 amide bonds. The van der Waals surface area contributed by atoms with E-state index < -0.39 is 10.0 Å². The maximum absolute atomic E-state index is 13.1. The van der Waals surface area contributed by atoms with Gasteiger partial charge in [-0.2, -0.15) is 0 Å². The fraction of sp³-hybridized carbons (Fsp3) is 0.158. The van der Waals surface area contributed by atoms with E-state index in [1.807, 2.05) is 0 Å². The summed E-state index contributed by atoms with van der Waals surface area (Å²) in [7, 11) is -2.36. The van der Waals surface area contributed by atoms with Gasteiger partial charge in [-0.25, -0.2) is 8.42 Å². The van der Waals surface area contributed by atoms with Gasteiger partial charge in [0.2, 0.25) is 0 Å². The first-order valence-corrected chi connectivity index (χ1v) is 9.56. The first kappa shape index (κ1) is 19.9. The average Bonchev–Trinajstić information content (AvgIpc) is 2.64. The Labute approximate surface area is 159 Å². The van der Waals surface area contributed by atoms with Crippen LogP contribution in [0.5, 0.6) is 11.5 Å². The number of sulfonamides is 1. The maximum atomic E-state index is 13.1. The van der Waals surface area contributed by atoms with Gasteiger partial charge in [-0.05, 0) is 42.5 Å². The van der Waals surface area contributed by atoms with Crippen molar-refractivity contribution < 1.29 is 17.9 Å². The normalized spacial score (nSPS) is 10.8. The van der Waals surface area contributed by atoms with E-state index in [2.05, 4.69) is 13.2 Å². The van der Waals surface area contributed by atoms with Gasteiger partial charge in [-0.1, -0.05) is 30.3 Å². The van der Waals surface area contributed by atoms with E-state index in [9.17, 15) is 8.42 Å². The van der Waals surface area contributed by atoms with E-state index in [0.29, 0.717) is 23.8 Å². The van der Waals surface area contributed by atoms with Crippen LogP contribution in [0.2, 0.25) is 5.02 Å². The smallest absolute Gasteiger partial charge is 0.264 e. The van der Waals surface area contributed by atoms with Gasteiger partial charge in [0.15, 0.2) is 0 Å². The number of anilines is 1. The quantitative estimate of drug-likeness (QED) is 0.596. The zero-order valence-corrected chi connectivity index (χ0v) is 16.0. The number of nitrogens with zero attached hydrogens (tertiary/aromatic N) is 1. The zero-order chi connectivity index (χ0) is 19.2. The Hall–Kier alpha value is -2.44. The Morgan fingerprint density at radius 1 is 1.12 bits per heavy atom. The van der Waals surface area contributed by atoms with Gasteiger partial charge in [-0.3, -0.25) is 4.31 Å². The summed E-state index contributed by atoms with van der Waals surface area (Å²) in [5.74, 6) is 1.03. The van der Waals surface area contributed by atoms with Crippen LogP contribution >= 0.6 is 11.6 Å². The molecule has 0 saturated carbocycles. The summed E-state index contributed by atoms with van der Waals surface area (Å²) < 4.78 is 37.9. The van der Waals surface area contributed by atoms with Crippen molar-refractivity contribution in [3.8, 4) is 11.5 Å². The Morgan fingerprint density at radius 3 is 2.35 bits per heavy atom. The van der Waals surface area contributed by atoms with Gasteiger partial charge in [0, 0.05) is 0 Å². The minimum atomic E-state index is -3.83. The molecule has 0 atom stereocenters. The second-order valence-electron chi connectivity index (χ2n) is 5.21. The molecule has 0 saturated heterocycles. The Balaban J connectivity index is 2.39. The van der Waals surface area contributed by atoms with Gasteiger partial charge in [0.1, 0.15) is 18.1 Å². The summed E-state index contributed by atoms with van der Waals surface area (Å²) in [4.78, 5) is 0.0668. The Morgan fingerprint density at radius 2 is 1.81 bits per heavy atom. The van der Waals surface area contributed by atoms with Gasteiger partial charge in [-0.15, -0.1) is 6.58 Å². The average molecular weight is 394 g/mol. The number of ether oxygens (including phenoxy) is 2. The molecular weight excluding hydrogens is 374 g/mol. The highest BCUT2D eigenvalue weighted by Crippen LogP contribution is 2.31. The van der Waals surface area contributed by atoms with E-state index >= 15 is 0 Å². The molecule has 0 radical (unpaired) electrons. The van der Waals surface area contributed by atoms with Crippen LogP contribution in [0.4, 0.5) is 5.69 Å². The monoisotopic (exact) mass is 393 g/mol. The third-order valence-electron chi connectivity index (χ3n) is 3.50. The number of rotatable bonds is 9. The van der Waals surface area contributed by atoms with Gasteiger partial charge in [0.05, 0.1) is 29.3 Å². The lowest BCUT2D eigenvalue weighted by Crippen LogP contribution is -2.31. The molecule has 26 heavy (non-hydrogen) atoms. The predicted molar refractivity (Wildman–Crippen MR) is 105 cm³/mol. The third-order valence-corrected chi connectivity index (χ3v) is 5.58. The van der Waals surface area contributed by atoms with E-state index in [-0.39, 0.29) is 16.5 Å². The molecule has 2 aromatic carbocycles. The molecule has 0 N–H and O–H groups in total. The molecule has 0 aliphatic rings. The van der Waals surface area contributed by atoms with Crippen LogP contribution < -0.4 is 13.8 Å². The molecule has 0 aliphatic heterocycles. The molecule has 2 rings (SSSR count). The van der Waals surface area contributed by atoms with Crippen LogP contribution in [0.1, 0.15) is 0 Å². The summed E-state index contributed by atoms with van der Waals surface area (Å²) in [6.07, 6.45) is 3.15. The summed E-state index contributed by atoms with van der Waals surface area (Å²) >= 11 is 6.08. The second-order valence-corrected chi connectivity index (χ2v) is 7.48. The fourth-order valence-electron chi connectivity index (χ4n) is 2.26. The molecule has 138 valence electrons. The maximum Gasteiger partial charge on any atom is 0.264 e. The van der Waals surface area contributed by atoms with Crippen molar-refractivity contribution >= 4 is 27.3 Å². The minimum absolute atomic E-state index is 0.0668. The molecule has 0 aromatic heterocycles. The van der Waals surface area contributed by atoms with Crippen LogP contribution in [-0.4, -0.2) is 28.7 Å². The lowest BCUT2D eigenvalue weighted by Gasteiger charge is -2.23. The van der Waals surface area contributed by atoms with Crippen LogP contribution in [-0.2, 0) is 10.0 Å². The Kier molecular flexibility index (Phi) is 6.71. The van der Waals surface area contributed by atoms with E-state index in [1.54, 1.807) is 30.3 Å². The highest BCUT2D eigenvalue weighted by Gasteiger charge is 2.25. The molecule has 7 heteroatoms. The van der Waals surface area contributed by atoms with Crippen LogP contribution in [0.3, 0.4) is 0 Å². The summed E-state index contributed by atoms with van der Waals surface area (Å²) in [6.45, 7) is 7.72. The summed E-state index contributed by atoms with van der Waals surface area (Å²) in [5.41, 5.74) is 0.489. The van der Waals surface area contributed by atoms with Gasteiger partial charge in [0.25, 0.3) is 10.0 Å². The SMILES string of the molecule is C=CCOc1ccc(N(CC=C)S(=O)(=O)c2ccc(OC)c(Cl)c2)cc1. The summed E-state index contributed by atoms with van der Waals surface area (Å²) in [6, 6.07) is 11.1. The topological polar surface area (TPSA) is 55.8 Å². The Bertz CT molecular complexity index is 879. The van der Waals surface area contributed by atoms with E-state index in [1.165, 1.54) is 35.7 Å². The van der Waals surface area contributed by atoms with Gasteiger partial charge < -0.3 is 9.47 Å². The number of hydrogen-bond donors (Lipinski definition) is 0. The summed E-state index contributed by atoms with van der Waals surface area (Å²) in [5, 5.41) is 0.223. The number of hydrogen-bond acceptors (Lipinski definition) is 4. The highest BCUT2D eigenvalue weighted by atomic mass is 35.5. The van der Waals surface area contributed by atoms with Crippen molar-refractivity contribution in [3.63, 3.8) is 0 Å². The van der Waals surface area contributed by atoms with Gasteiger partial charge >= 0.3 is 0 Å². The highest BCUT2D eigenvalue weighted by molar-refractivity contribution is 7.92. The predicted octanol–water partition coefficient (Wildman–Crippen LogP) is 4.29. The van der Waals surface area contributed by atoms with Crippen LogP contribution in [0, 0.1) is 0 Å². The molecule has 0 unspecified atom stereocenters. The standard InChI is InChI=1S/C19H20ClNO4S/c1-4-12-21(15-6-8-16(9-7-15)25-13-5-2)26(22,23)17-10-11-19(24-3)18(20)14-17/h4-11,14H,1-2,12-13H2,3H3. The molecule has 0 spiro atoms. The van der Waals surface area contributed by atoms with Crippen molar-refractivity contribution in [2.24, 2.45) is 0 Å². The molecule has 5 nitrogen and oxygen atoms in total. The van der Waals surface area contributed by atoms with Crippen LogP contribution in [0.25, 0.3) is 0 Å².